The summed E-state index contributed by atoms with van der Waals surface area (Å²) in [5.41, 5.74) is 2.80. The Morgan fingerprint density at radius 2 is 2.08 bits per heavy atom. The van der Waals surface area contributed by atoms with E-state index in [0.717, 1.165) is 24.9 Å². The quantitative estimate of drug-likeness (QED) is 0.609. The minimum absolute atomic E-state index is 0.121. The number of carbonyl (C=O) groups is 1. The molecule has 1 aromatic carbocycles. The third kappa shape index (κ3) is 4.20. The van der Waals surface area contributed by atoms with Gasteiger partial charge in [0.2, 0.25) is 0 Å². The largest absolute Gasteiger partial charge is 0.370 e. The molecule has 0 saturated heterocycles. The van der Waals surface area contributed by atoms with Crippen LogP contribution in [0.4, 0.5) is 5.82 Å². The molecule has 1 amide bonds. The maximum Gasteiger partial charge on any atom is 0.270 e. The van der Waals surface area contributed by atoms with Gasteiger partial charge in [-0.1, -0.05) is 25.1 Å². The summed E-state index contributed by atoms with van der Waals surface area (Å²) in [6, 6.07) is 10.1. The fourth-order valence-corrected chi connectivity index (χ4v) is 2.84. The molecule has 0 spiro atoms. The zero-order valence-electron chi connectivity index (χ0n) is 15.5. The molecular formula is C20H25N5O. The Morgan fingerprint density at radius 1 is 1.27 bits per heavy atom. The van der Waals surface area contributed by atoms with E-state index in [-0.39, 0.29) is 11.9 Å². The minimum atomic E-state index is -0.162. The summed E-state index contributed by atoms with van der Waals surface area (Å²) in [4.78, 5) is 24.2. The topological polar surface area (TPSA) is 82.7 Å². The average molecular weight is 351 g/mol. The second kappa shape index (κ2) is 7.99. The molecule has 1 unspecified atom stereocenters. The molecule has 6 heteroatoms. The Hall–Kier alpha value is -2.89. The number of aromatic amines is 1. The van der Waals surface area contributed by atoms with Crippen molar-refractivity contribution in [3.05, 3.63) is 53.6 Å². The van der Waals surface area contributed by atoms with E-state index in [1.165, 1.54) is 10.9 Å². The lowest BCUT2D eigenvalue weighted by Gasteiger charge is -2.12. The molecule has 3 rings (SSSR count). The van der Waals surface area contributed by atoms with Gasteiger partial charge in [0.15, 0.2) is 0 Å². The number of hydrogen-bond acceptors (Lipinski definition) is 4. The Labute approximate surface area is 153 Å². The first kappa shape index (κ1) is 17.9. The number of aryl methyl sites for hydroxylation is 1. The average Bonchev–Trinajstić information content (AvgIpc) is 3.04. The zero-order valence-corrected chi connectivity index (χ0v) is 15.5. The number of nitrogens with one attached hydrogen (secondary N) is 3. The number of aromatic nitrogens is 3. The molecule has 6 nitrogen and oxygen atoms in total. The van der Waals surface area contributed by atoms with E-state index in [9.17, 15) is 4.79 Å². The summed E-state index contributed by atoms with van der Waals surface area (Å²) in [5.74, 6) is 1.09. The molecule has 3 aromatic rings. The van der Waals surface area contributed by atoms with Gasteiger partial charge in [-0.3, -0.25) is 4.79 Å². The molecule has 3 N–H and O–H groups in total. The number of rotatable bonds is 7. The number of anilines is 1. The molecule has 0 radical (unpaired) electrons. The van der Waals surface area contributed by atoms with Crippen LogP contribution in [-0.4, -0.2) is 33.4 Å². The summed E-state index contributed by atoms with van der Waals surface area (Å²) in [5, 5.41) is 7.48. The molecule has 0 aliphatic heterocycles. The molecule has 0 saturated carbocycles. The summed E-state index contributed by atoms with van der Waals surface area (Å²) in [6.45, 7) is 6.54. The number of para-hydroxylation sites is 1. The Kier molecular flexibility index (Phi) is 5.51. The van der Waals surface area contributed by atoms with Crippen LogP contribution in [0.5, 0.6) is 0 Å². The highest BCUT2D eigenvalue weighted by atomic mass is 16.1. The molecular weight excluding hydrogens is 326 g/mol. The second-order valence-electron chi connectivity index (χ2n) is 6.50. The van der Waals surface area contributed by atoms with Crippen molar-refractivity contribution in [2.75, 3.05) is 11.9 Å². The van der Waals surface area contributed by atoms with Crippen molar-refractivity contribution < 1.29 is 4.79 Å². The maximum atomic E-state index is 12.3. The first-order valence-electron chi connectivity index (χ1n) is 9.02. The molecule has 26 heavy (non-hydrogen) atoms. The fraction of sp³-hybridized carbons (Fsp3) is 0.350. The third-order valence-electron chi connectivity index (χ3n) is 4.44. The highest BCUT2D eigenvalue weighted by Crippen LogP contribution is 2.18. The van der Waals surface area contributed by atoms with Crippen molar-refractivity contribution in [3.8, 4) is 0 Å². The minimum Gasteiger partial charge on any atom is -0.370 e. The van der Waals surface area contributed by atoms with Crippen LogP contribution in [0.25, 0.3) is 10.9 Å². The standard InChI is InChI=1S/C20H25N5O/c1-4-13(2)23-20(26)18-11-19(25-14(3)24-18)21-10-9-15-12-22-17-8-6-5-7-16(15)17/h5-8,11-13,22H,4,9-10H2,1-3H3,(H,23,26)(H,21,24,25). The number of hydrogen-bond donors (Lipinski definition) is 3. The SMILES string of the molecule is CCC(C)NC(=O)c1cc(NCCc2c[nH]c3ccccc23)nc(C)n1. The zero-order chi connectivity index (χ0) is 18.5. The molecule has 0 aliphatic carbocycles. The molecule has 0 bridgehead atoms. The Morgan fingerprint density at radius 3 is 2.88 bits per heavy atom. The number of carbonyl (C=O) groups excluding carboxylic acids is 1. The number of amides is 1. The summed E-state index contributed by atoms with van der Waals surface area (Å²) in [7, 11) is 0. The number of H-pyrrole nitrogens is 1. The van der Waals surface area contributed by atoms with Crippen molar-refractivity contribution >= 4 is 22.6 Å². The van der Waals surface area contributed by atoms with E-state index < -0.39 is 0 Å². The van der Waals surface area contributed by atoms with Gasteiger partial charge >= 0.3 is 0 Å². The molecule has 2 heterocycles. The van der Waals surface area contributed by atoms with Gasteiger partial charge in [0.05, 0.1) is 0 Å². The van der Waals surface area contributed by atoms with Crippen LogP contribution >= 0.6 is 0 Å². The van der Waals surface area contributed by atoms with Gasteiger partial charge in [0, 0.05) is 35.8 Å². The van der Waals surface area contributed by atoms with Gasteiger partial charge in [-0.25, -0.2) is 9.97 Å². The van der Waals surface area contributed by atoms with Gasteiger partial charge in [-0.2, -0.15) is 0 Å². The van der Waals surface area contributed by atoms with E-state index in [4.69, 9.17) is 0 Å². The first-order chi connectivity index (χ1) is 12.6. The number of nitrogens with zero attached hydrogens (tertiary/aromatic N) is 2. The number of fused-ring (bicyclic) bond motifs is 1. The Bertz CT molecular complexity index is 902. The van der Waals surface area contributed by atoms with E-state index in [2.05, 4.69) is 37.7 Å². The van der Waals surface area contributed by atoms with Crippen molar-refractivity contribution in [2.24, 2.45) is 0 Å². The van der Waals surface area contributed by atoms with E-state index in [1.807, 2.05) is 32.2 Å². The monoisotopic (exact) mass is 351 g/mol. The molecule has 0 aliphatic rings. The van der Waals surface area contributed by atoms with Gasteiger partial charge in [0.1, 0.15) is 17.3 Å². The highest BCUT2D eigenvalue weighted by molar-refractivity contribution is 5.93. The van der Waals surface area contributed by atoms with Crippen LogP contribution in [-0.2, 0) is 6.42 Å². The number of benzene rings is 1. The second-order valence-corrected chi connectivity index (χ2v) is 6.50. The predicted molar refractivity (Wildman–Crippen MR) is 104 cm³/mol. The predicted octanol–water partition coefficient (Wildman–Crippen LogP) is 3.45. The molecule has 2 aromatic heterocycles. The lowest BCUT2D eigenvalue weighted by atomic mass is 10.1. The van der Waals surface area contributed by atoms with Crippen LogP contribution in [0, 0.1) is 6.92 Å². The van der Waals surface area contributed by atoms with Gasteiger partial charge in [-0.15, -0.1) is 0 Å². The van der Waals surface area contributed by atoms with Crippen LogP contribution in [0.1, 0.15) is 42.1 Å². The van der Waals surface area contributed by atoms with Crippen molar-refractivity contribution in [3.63, 3.8) is 0 Å². The highest BCUT2D eigenvalue weighted by Gasteiger charge is 2.12. The molecule has 0 fully saturated rings. The van der Waals surface area contributed by atoms with Crippen LogP contribution in [0.15, 0.2) is 36.5 Å². The summed E-state index contributed by atoms with van der Waals surface area (Å²) in [6.07, 6.45) is 3.79. The van der Waals surface area contributed by atoms with Gasteiger partial charge in [0.25, 0.3) is 5.91 Å². The molecule has 136 valence electrons. The summed E-state index contributed by atoms with van der Waals surface area (Å²) < 4.78 is 0. The maximum absolute atomic E-state index is 12.3. The van der Waals surface area contributed by atoms with Crippen molar-refractivity contribution in [1.82, 2.24) is 20.3 Å². The van der Waals surface area contributed by atoms with Crippen LogP contribution in [0.2, 0.25) is 0 Å². The first-order valence-corrected chi connectivity index (χ1v) is 9.02. The third-order valence-corrected chi connectivity index (χ3v) is 4.44. The van der Waals surface area contributed by atoms with E-state index in [0.29, 0.717) is 17.3 Å². The van der Waals surface area contributed by atoms with E-state index in [1.54, 1.807) is 13.0 Å². The van der Waals surface area contributed by atoms with Crippen molar-refractivity contribution in [1.29, 1.82) is 0 Å². The van der Waals surface area contributed by atoms with Crippen LogP contribution in [0.3, 0.4) is 0 Å². The lowest BCUT2D eigenvalue weighted by Crippen LogP contribution is -2.32. The fourth-order valence-electron chi connectivity index (χ4n) is 2.84. The lowest BCUT2D eigenvalue weighted by molar-refractivity contribution is 0.0934. The summed E-state index contributed by atoms with van der Waals surface area (Å²) >= 11 is 0. The van der Waals surface area contributed by atoms with E-state index >= 15 is 0 Å². The Balaban J connectivity index is 1.65. The smallest absolute Gasteiger partial charge is 0.270 e. The van der Waals surface area contributed by atoms with Crippen LogP contribution < -0.4 is 10.6 Å². The van der Waals surface area contributed by atoms with Gasteiger partial charge in [-0.05, 0) is 38.3 Å². The molecule has 1 atom stereocenters. The van der Waals surface area contributed by atoms with Gasteiger partial charge < -0.3 is 15.6 Å². The normalized spacial score (nSPS) is 12.1. The van der Waals surface area contributed by atoms with Crippen molar-refractivity contribution in [2.45, 2.75) is 39.7 Å².